The van der Waals surface area contributed by atoms with Gasteiger partial charge < -0.3 is 14.7 Å². The van der Waals surface area contributed by atoms with Crippen molar-refractivity contribution in [2.75, 3.05) is 33.3 Å². The number of carbonyl (C=O) groups is 1. The second-order valence-electron chi connectivity index (χ2n) is 8.26. The molecule has 3 aromatic carbocycles. The highest BCUT2D eigenvalue weighted by molar-refractivity contribution is 5.91. The van der Waals surface area contributed by atoms with E-state index in [0.29, 0.717) is 13.1 Å². The number of piperazine rings is 1. The molecule has 2 atom stereocenters. The van der Waals surface area contributed by atoms with Crippen molar-refractivity contribution in [2.24, 2.45) is 0 Å². The summed E-state index contributed by atoms with van der Waals surface area (Å²) in [6, 6.07) is 21.8. The molecule has 1 saturated heterocycles. The van der Waals surface area contributed by atoms with Crippen molar-refractivity contribution in [2.45, 2.75) is 19.1 Å². The van der Waals surface area contributed by atoms with E-state index in [1.807, 2.05) is 77.7 Å². The van der Waals surface area contributed by atoms with Gasteiger partial charge in [0.05, 0.1) is 13.2 Å². The fourth-order valence-corrected chi connectivity index (χ4v) is 4.22. The van der Waals surface area contributed by atoms with Crippen LogP contribution in [0.25, 0.3) is 16.8 Å². The number of methoxy groups -OCH3 is 1. The second kappa shape index (κ2) is 9.98. The molecule has 1 aliphatic rings. The van der Waals surface area contributed by atoms with Crippen LogP contribution in [0.15, 0.2) is 72.8 Å². The minimum Gasteiger partial charge on any atom is -0.497 e. The van der Waals surface area contributed by atoms with E-state index in [4.69, 9.17) is 4.74 Å². The number of hydrogen-bond acceptors (Lipinski definition) is 4. The lowest BCUT2D eigenvalue weighted by Crippen LogP contribution is -2.52. The molecule has 0 bridgehead atoms. The Morgan fingerprint density at radius 2 is 1.66 bits per heavy atom. The molecule has 1 heterocycles. The third-order valence-corrected chi connectivity index (χ3v) is 6.29. The molecule has 1 amide bonds. The molecule has 1 aliphatic heterocycles. The van der Waals surface area contributed by atoms with Gasteiger partial charge in [0.15, 0.2) is 0 Å². The van der Waals surface area contributed by atoms with Crippen LogP contribution >= 0.6 is 0 Å². The van der Waals surface area contributed by atoms with Crippen LogP contribution < -0.4 is 4.74 Å². The first-order valence-electron chi connectivity index (χ1n) is 11.1. The Morgan fingerprint density at radius 3 is 2.38 bits per heavy atom. The second-order valence-corrected chi connectivity index (χ2v) is 8.26. The maximum atomic E-state index is 12.5. The average Bonchev–Trinajstić information content (AvgIpc) is 2.86. The van der Waals surface area contributed by atoms with Crippen molar-refractivity contribution in [3.63, 3.8) is 0 Å². The molecule has 0 saturated carbocycles. The van der Waals surface area contributed by atoms with E-state index in [9.17, 15) is 9.90 Å². The average molecular weight is 431 g/mol. The quantitative estimate of drug-likeness (QED) is 0.598. The molecule has 1 N–H and O–H groups in total. The molecule has 32 heavy (non-hydrogen) atoms. The molecule has 0 aromatic heterocycles. The molecule has 3 aromatic rings. The molecule has 4 rings (SSSR count). The number of carbonyl (C=O) groups excluding carboxylic acids is 1. The van der Waals surface area contributed by atoms with Crippen LogP contribution in [0.4, 0.5) is 0 Å². The van der Waals surface area contributed by atoms with Gasteiger partial charge >= 0.3 is 0 Å². The van der Waals surface area contributed by atoms with E-state index in [-0.39, 0.29) is 11.9 Å². The van der Waals surface area contributed by atoms with Crippen molar-refractivity contribution >= 4 is 22.8 Å². The molecule has 1 fully saturated rings. The fourth-order valence-electron chi connectivity index (χ4n) is 4.22. The van der Waals surface area contributed by atoms with Gasteiger partial charge in [-0.15, -0.1) is 0 Å². The van der Waals surface area contributed by atoms with Gasteiger partial charge in [-0.3, -0.25) is 9.69 Å². The summed E-state index contributed by atoms with van der Waals surface area (Å²) in [6.45, 7) is 4.86. The maximum Gasteiger partial charge on any atom is 0.246 e. The Bertz CT molecular complexity index is 1090. The number of hydrogen-bond donors (Lipinski definition) is 1. The zero-order valence-electron chi connectivity index (χ0n) is 18.6. The zero-order valence-corrected chi connectivity index (χ0v) is 18.6. The van der Waals surface area contributed by atoms with Crippen LogP contribution in [0.5, 0.6) is 5.75 Å². The number of rotatable bonds is 6. The molecule has 2 unspecified atom stereocenters. The number of nitrogens with zero attached hydrogens (tertiary/aromatic N) is 2. The Balaban J connectivity index is 1.35. The standard InChI is InChI=1S/C27H30N2O3/c1-20(27(31)24-10-9-23-19-25(32-2)12-11-22(23)18-24)28-14-16-29(17-15-28)26(30)13-8-21-6-4-3-5-7-21/h3-13,18-20,27,31H,14-17H2,1-2H3. The van der Waals surface area contributed by atoms with Gasteiger partial charge in [-0.25, -0.2) is 0 Å². The summed E-state index contributed by atoms with van der Waals surface area (Å²) < 4.78 is 5.29. The monoisotopic (exact) mass is 430 g/mol. The van der Waals surface area contributed by atoms with Crippen molar-refractivity contribution in [1.82, 2.24) is 9.80 Å². The van der Waals surface area contributed by atoms with E-state index in [1.54, 1.807) is 13.2 Å². The lowest BCUT2D eigenvalue weighted by Gasteiger charge is -2.39. The Labute approximate surface area is 189 Å². The van der Waals surface area contributed by atoms with Crippen LogP contribution in [-0.4, -0.2) is 60.1 Å². The van der Waals surface area contributed by atoms with Crippen LogP contribution in [0.3, 0.4) is 0 Å². The summed E-state index contributed by atoms with van der Waals surface area (Å²) >= 11 is 0. The normalized spacial score (nSPS) is 16.9. The number of aliphatic hydroxyl groups is 1. The molecule has 0 aliphatic carbocycles. The van der Waals surface area contributed by atoms with Crippen molar-refractivity contribution in [3.05, 3.63) is 83.9 Å². The minimum atomic E-state index is -0.596. The van der Waals surface area contributed by atoms with E-state index < -0.39 is 6.10 Å². The number of benzene rings is 3. The number of aliphatic hydroxyl groups excluding tert-OH is 1. The zero-order chi connectivity index (χ0) is 22.5. The third kappa shape index (κ3) is 5.01. The summed E-state index contributed by atoms with van der Waals surface area (Å²) in [5, 5.41) is 13.2. The highest BCUT2D eigenvalue weighted by Crippen LogP contribution is 2.27. The van der Waals surface area contributed by atoms with Crippen LogP contribution in [0, 0.1) is 0 Å². The van der Waals surface area contributed by atoms with Gasteiger partial charge in [0, 0.05) is 38.3 Å². The Morgan fingerprint density at radius 1 is 0.969 bits per heavy atom. The molecule has 0 radical (unpaired) electrons. The molecule has 0 spiro atoms. The molecular weight excluding hydrogens is 400 g/mol. The number of amides is 1. The van der Waals surface area contributed by atoms with E-state index in [2.05, 4.69) is 11.8 Å². The predicted octanol–water partition coefficient (Wildman–Crippen LogP) is 4.13. The number of ether oxygens (including phenoxy) is 1. The van der Waals surface area contributed by atoms with E-state index in [1.165, 1.54) is 0 Å². The van der Waals surface area contributed by atoms with Crippen LogP contribution in [0.1, 0.15) is 24.2 Å². The SMILES string of the molecule is COc1ccc2cc(C(O)C(C)N3CCN(C(=O)C=Cc4ccccc4)CC3)ccc2c1. The summed E-state index contributed by atoms with van der Waals surface area (Å²) in [5.41, 5.74) is 1.92. The summed E-state index contributed by atoms with van der Waals surface area (Å²) in [5.74, 6) is 0.858. The molecule has 5 nitrogen and oxygen atoms in total. The topological polar surface area (TPSA) is 53.0 Å². The van der Waals surface area contributed by atoms with Crippen LogP contribution in [-0.2, 0) is 4.79 Å². The first kappa shape index (κ1) is 22.1. The first-order valence-corrected chi connectivity index (χ1v) is 11.1. The lowest BCUT2D eigenvalue weighted by atomic mass is 9.98. The van der Waals surface area contributed by atoms with Gasteiger partial charge in [-0.1, -0.05) is 48.5 Å². The van der Waals surface area contributed by atoms with Gasteiger partial charge in [0.1, 0.15) is 5.75 Å². The van der Waals surface area contributed by atoms with Crippen LogP contribution in [0.2, 0.25) is 0 Å². The molecule has 5 heteroatoms. The van der Waals surface area contributed by atoms with Gasteiger partial charge in [-0.05, 0) is 53.1 Å². The highest BCUT2D eigenvalue weighted by Gasteiger charge is 2.27. The largest absolute Gasteiger partial charge is 0.497 e. The van der Waals surface area contributed by atoms with Crippen molar-refractivity contribution in [1.29, 1.82) is 0 Å². The smallest absolute Gasteiger partial charge is 0.246 e. The van der Waals surface area contributed by atoms with Crippen molar-refractivity contribution < 1.29 is 14.6 Å². The Hall–Kier alpha value is -3.15. The lowest BCUT2D eigenvalue weighted by molar-refractivity contribution is -0.128. The number of fused-ring (bicyclic) bond motifs is 1. The summed E-state index contributed by atoms with van der Waals surface area (Å²) in [7, 11) is 1.66. The van der Waals surface area contributed by atoms with Gasteiger partial charge in [-0.2, -0.15) is 0 Å². The van der Waals surface area contributed by atoms with E-state index >= 15 is 0 Å². The summed E-state index contributed by atoms with van der Waals surface area (Å²) in [4.78, 5) is 16.7. The van der Waals surface area contributed by atoms with Gasteiger partial charge in [0.2, 0.25) is 5.91 Å². The third-order valence-electron chi connectivity index (χ3n) is 6.29. The highest BCUT2D eigenvalue weighted by atomic mass is 16.5. The maximum absolute atomic E-state index is 12.5. The first-order chi connectivity index (χ1) is 15.5. The van der Waals surface area contributed by atoms with E-state index in [0.717, 1.165) is 40.7 Å². The molecule has 166 valence electrons. The fraction of sp³-hybridized carbons (Fsp3) is 0.296. The van der Waals surface area contributed by atoms with Gasteiger partial charge in [0.25, 0.3) is 0 Å². The Kier molecular flexibility index (Phi) is 6.88. The molecular formula is C27H30N2O3. The van der Waals surface area contributed by atoms with Crippen molar-refractivity contribution in [3.8, 4) is 5.75 Å². The summed E-state index contributed by atoms with van der Waals surface area (Å²) in [6.07, 6.45) is 2.91. The predicted molar refractivity (Wildman–Crippen MR) is 129 cm³/mol. The minimum absolute atomic E-state index is 0.0339.